The minimum absolute atomic E-state index is 0.00640. The van der Waals surface area contributed by atoms with Gasteiger partial charge in [0.1, 0.15) is 0 Å². The van der Waals surface area contributed by atoms with E-state index in [9.17, 15) is 4.79 Å². The second kappa shape index (κ2) is 5.99. The normalized spacial score (nSPS) is 10.5. The van der Waals surface area contributed by atoms with E-state index in [0.717, 1.165) is 0 Å². The molecule has 1 aromatic heterocycles. The zero-order chi connectivity index (χ0) is 13.7. The summed E-state index contributed by atoms with van der Waals surface area (Å²) in [4.78, 5) is 15.6. The summed E-state index contributed by atoms with van der Waals surface area (Å²) >= 11 is 0. The molecule has 6 nitrogen and oxygen atoms in total. The van der Waals surface area contributed by atoms with E-state index < -0.39 is 0 Å². The zero-order valence-electron chi connectivity index (χ0n) is 10.8. The van der Waals surface area contributed by atoms with E-state index in [1.54, 1.807) is 12.1 Å². The summed E-state index contributed by atoms with van der Waals surface area (Å²) in [5.74, 6) is 0.424. The average Bonchev–Trinajstić information content (AvgIpc) is 2.86. The van der Waals surface area contributed by atoms with Crippen LogP contribution in [0, 0.1) is 0 Å². The van der Waals surface area contributed by atoms with Crippen molar-refractivity contribution in [3.63, 3.8) is 0 Å². The van der Waals surface area contributed by atoms with Crippen LogP contribution in [-0.4, -0.2) is 22.7 Å². The third-order valence-corrected chi connectivity index (χ3v) is 2.32. The molecule has 0 aliphatic carbocycles. The highest BCUT2D eigenvalue weighted by molar-refractivity contribution is 5.91. The van der Waals surface area contributed by atoms with Gasteiger partial charge in [-0.3, -0.25) is 9.32 Å². The van der Waals surface area contributed by atoms with Gasteiger partial charge < -0.3 is 10.1 Å². The van der Waals surface area contributed by atoms with E-state index in [1.165, 1.54) is 0 Å². The molecule has 1 amide bonds. The highest BCUT2D eigenvalue weighted by Crippen LogP contribution is 2.14. The number of amides is 1. The van der Waals surface area contributed by atoms with E-state index in [0.29, 0.717) is 11.5 Å². The molecule has 0 radical (unpaired) electrons. The molecular weight excluding hydrogens is 246 g/mol. The van der Waals surface area contributed by atoms with Gasteiger partial charge in [-0.1, -0.05) is 37.2 Å². The molecule has 6 heteroatoms. The van der Waals surface area contributed by atoms with Crippen molar-refractivity contribution < 1.29 is 14.1 Å². The number of rotatable bonds is 5. The molecule has 0 atom stereocenters. The van der Waals surface area contributed by atoms with Gasteiger partial charge in [0.2, 0.25) is 0 Å². The van der Waals surface area contributed by atoms with Crippen LogP contribution in [0.15, 0.2) is 34.9 Å². The summed E-state index contributed by atoms with van der Waals surface area (Å²) in [5.41, 5.74) is 0.712. The Morgan fingerprint density at radius 2 is 2.11 bits per heavy atom. The Morgan fingerprint density at radius 1 is 1.37 bits per heavy atom. The molecule has 0 fully saturated rings. The predicted octanol–water partition coefficient (Wildman–Crippen LogP) is 2.21. The number of nitrogens with zero attached hydrogens (tertiary/aromatic N) is 2. The lowest BCUT2D eigenvalue weighted by Crippen LogP contribution is -2.20. The summed E-state index contributed by atoms with van der Waals surface area (Å²) in [6, 6.07) is 9.13. The monoisotopic (exact) mass is 261 g/mol. The molecule has 0 aliphatic rings. The van der Waals surface area contributed by atoms with E-state index >= 15 is 0 Å². The first kappa shape index (κ1) is 13.1. The molecule has 19 heavy (non-hydrogen) atoms. The smallest absolute Gasteiger partial charge is 0.417 e. The van der Waals surface area contributed by atoms with Crippen molar-refractivity contribution in [2.45, 2.75) is 19.8 Å². The Morgan fingerprint density at radius 3 is 2.74 bits per heavy atom. The topological polar surface area (TPSA) is 77.2 Å². The fourth-order valence-corrected chi connectivity index (χ4v) is 1.36. The van der Waals surface area contributed by atoms with Crippen LogP contribution in [0.2, 0.25) is 0 Å². The number of para-hydroxylation sites is 1. The lowest BCUT2D eigenvalue weighted by atomic mass is 10.2. The number of anilines is 1. The number of hydrogen-bond donors (Lipinski definition) is 1. The Balaban J connectivity index is 1.83. The molecule has 1 N–H and O–H groups in total. The van der Waals surface area contributed by atoms with Crippen LogP contribution < -0.4 is 10.1 Å². The third-order valence-electron chi connectivity index (χ3n) is 2.32. The van der Waals surface area contributed by atoms with E-state index in [2.05, 4.69) is 15.5 Å². The summed E-state index contributed by atoms with van der Waals surface area (Å²) in [6.07, 6.45) is 0.00640. The summed E-state index contributed by atoms with van der Waals surface area (Å²) < 4.78 is 9.98. The summed E-state index contributed by atoms with van der Waals surface area (Å²) in [6.45, 7) is 3.71. The minimum atomic E-state index is -0.282. The molecule has 2 aromatic rings. The third kappa shape index (κ3) is 3.80. The van der Waals surface area contributed by atoms with Crippen LogP contribution in [0.5, 0.6) is 6.08 Å². The molecule has 2 rings (SSSR count). The van der Waals surface area contributed by atoms with Crippen molar-refractivity contribution >= 4 is 11.6 Å². The van der Waals surface area contributed by atoms with Gasteiger partial charge in [0, 0.05) is 11.6 Å². The van der Waals surface area contributed by atoms with Crippen LogP contribution >= 0.6 is 0 Å². The van der Waals surface area contributed by atoms with Gasteiger partial charge in [0.05, 0.1) is 0 Å². The van der Waals surface area contributed by atoms with Gasteiger partial charge in [-0.2, -0.15) is 4.98 Å². The molecule has 0 bridgehead atoms. The number of aromatic nitrogens is 2. The Labute approximate surface area is 110 Å². The molecule has 0 saturated heterocycles. The average molecular weight is 261 g/mol. The number of carbonyl (C=O) groups is 1. The summed E-state index contributed by atoms with van der Waals surface area (Å²) in [7, 11) is 0. The highest BCUT2D eigenvalue weighted by Gasteiger charge is 2.12. The molecule has 0 saturated carbocycles. The highest BCUT2D eigenvalue weighted by atomic mass is 16.6. The fraction of sp³-hybridized carbons (Fsp3) is 0.308. The van der Waals surface area contributed by atoms with Crippen molar-refractivity contribution in [1.29, 1.82) is 0 Å². The van der Waals surface area contributed by atoms with Crippen molar-refractivity contribution in [1.82, 2.24) is 10.1 Å². The van der Waals surface area contributed by atoms with Crippen molar-refractivity contribution in [3.8, 4) is 6.08 Å². The number of nitrogens with one attached hydrogen (secondary N) is 1. The lowest BCUT2D eigenvalue weighted by Gasteiger charge is -2.03. The van der Waals surface area contributed by atoms with Gasteiger partial charge in [0.15, 0.2) is 12.4 Å². The molecule has 1 aromatic carbocycles. The Kier molecular flexibility index (Phi) is 4.12. The standard InChI is InChI=1S/C13H15N3O3/c1-9(2)12-15-13(19-16-12)18-8-11(17)14-10-6-4-3-5-7-10/h3-7,9H,8H2,1-2H3,(H,14,17). The summed E-state index contributed by atoms with van der Waals surface area (Å²) in [5, 5.41) is 6.42. The zero-order valence-corrected chi connectivity index (χ0v) is 10.8. The first-order valence-electron chi connectivity index (χ1n) is 5.96. The number of benzene rings is 1. The second-order valence-electron chi connectivity index (χ2n) is 4.28. The van der Waals surface area contributed by atoms with Crippen molar-refractivity contribution in [2.24, 2.45) is 0 Å². The maximum Gasteiger partial charge on any atom is 0.417 e. The Hall–Kier alpha value is -2.37. The minimum Gasteiger partial charge on any atom is -0.439 e. The molecule has 1 heterocycles. The van der Waals surface area contributed by atoms with E-state index in [-0.39, 0.29) is 24.5 Å². The van der Waals surface area contributed by atoms with E-state index in [4.69, 9.17) is 9.26 Å². The van der Waals surface area contributed by atoms with Gasteiger partial charge in [-0.15, -0.1) is 0 Å². The molecule has 100 valence electrons. The number of ether oxygens (including phenoxy) is 1. The predicted molar refractivity (Wildman–Crippen MR) is 69.0 cm³/mol. The quantitative estimate of drug-likeness (QED) is 0.892. The van der Waals surface area contributed by atoms with Crippen LogP contribution in [0.1, 0.15) is 25.6 Å². The molecule has 0 unspecified atom stereocenters. The lowest BCUT2D eigenvalue weighted by molar-refractivity contribution is -0.118. The number of hydrogen-bond acceptors (Lipinski definition) is 5. The van der Waals surface area contributed by atoms with E-state index in [1.807, 2.05) is 32.0 Å². The van der Waals surface area contributed by atoms with Crippen LogP contribution in [0.4, 0.5) is 5.69 Å². The van der Waals surface area contributed by atoms with Crippen LogP contribution in [-0.2, 0) is 4.79 Å². The molecule has 0 spiro atoms. The molecular formula is C13H15N3O3. The fourth-order valence-electron chi connectivity index (χ4n) is 1.36. The van der Waals surface area contributed by atoms with Gasteiger partial charge >= 0.3 is 6.08 Å². The van der Waals surface area contributed by atoms with Gasteiger partial charge in [0.25, 0.3) is 5.91 Å². The SMILES string of the molecule is CC(C)c1noc(OCC(=O)Nc2ccccc2)n1. The van der Waals surface area contributed by atoms with Crippen molar-refractivity contribution in [2.75, 3.05) is 11.9 Å². The maximum atomic E-state index is 11.6. The largest absolute Gasteiger partial charge is 0.439 e. The van der Waals surface area contributed by atoms with Gasteiger partial charge in [-0.25, -0.2) is 0 Å². The first-order valence-corrected chi connectivity index (χ1v) is 5.96. The molecule has 0 aliphatic heterocycles. The Bertz CT molecular complexity index is 537. The number of carbonyl (C=O) groups excluding carboxylic acids is 1. The van der Waals surface area contributed by atoms with Crippen LogP contribution in [0.3, 0.4) is 0 Å². The van der Waals surface area contributed by atoms with Gasteiger partial charge in [-0.05, 0) is 12.1 Å². The maximum absolute atomic E-state index is 11.6. The first-order chi connectivity index (χ1) is 9.15. The van der Waals surface area contributed by atoms with Crippen molar-refractivity contribution in [3.05, 3.63) is 36.2 Å². The second-order valence-corrected chi connectivity index (χ2v) is 4.28. The van der Waals surface area contributed by atoms with Crippen LogP contribution in [0.25, 0.3) is 0 Å².